The fraction of sp³-hybridized carbons (Fsp3) is 0.400. The maximum atomic E-state index is 13.8. The average molecular weight is 481 g/mol. The van der Waals surface area contributed by atoms with E-state index in [0.717, 1.165) is 17.8 Å². The molecule has 0 saturated carbocycles. The first kappa shape index (κ1) is 20.2. The molecule has 1 atom stereocenters. The number of amides is 1. The van der Waals surface area contributed by atoms with E-state index in [9.17, 15) is 22.0 Å². The van der Waals surface area contributed by atoms with E-state index in [0.29, 0.717) is 23.5 Å². The predicted molar refractivity (Wildman–Crippen MR) is 100 cm³/mol. The van der Waals surface area contributed by atoms with Crippen molar-refractivity contribution in [3.8, 4) is 0 Å². The molecule has 1 unspecified atom stereocenters. The Morgan fingerprint density at radius 2 is 2.15 bits per heavy atom. The Labute approximate surface area is 167 Å². The summed E-state index contributed by atoms with van der Waals surface area (Å²) < 4.78 is 51.9. The van der Waals surface area contributed by atoms with Crippen molar-refractivity contribution < 1.29 is 22.0 Å². The number of thioether (sulfide) groups is 1. The molecule has 1 fully saturated rings. The number of hydrogen-bond donors (Lipinski definition) is 1. The molecule has 2 aromatic rings. The van der Waals surface area contributed by atoms with Crippen LogP contribution in [0.25, 0.3) is 0 Å². The minimum absolute atomic E-state index is 0.0436. The maximum Gasteiger partial charge on any atom is 0.234 e. The van der Waals surface area contributed by atoms with Gasteiger partial charge in [-0.25, -0.2) is 17.2 Å². The standard InChI is InChI=1S/C15H15BrF2N4O3S2/c1-22-14(8-2-3-27(24,25)7-8)20-21-15(22)26-6-12(23)19-13-10(16)4-9(17)5-11(13)18/h4-5,8H,2-3,6-7H2,1H3,(H,19,23). The summed E-state index contributed by atoms with van der Waals surface area (Å²) in [5, 5.41) is 10.9. The summed E-state index contributed by atoms with van der Waals surface area (Å²) >= 11 is 4.09. The highest BCUT2D eigenvalue weighted by Gasteiger charge is 2.32. The molecular formula is C15H15BrF2N4O3S2. The molecule has 27 heavy (non-hydrogen) atoms. The lowest BCUT2D eigenvalue weighted by molar-refractivity contribution is -0.113. The van der Waals surface area contributed by atoms with E-state index in [2.05, 4.69) is 31.4 Å². The number of carbonyl (C=O) groups is 1. The molecule has 1 amide bonds. The smallest absolute Gasteiger partial charge is 0.234 e. The zero-order valence-electron chi connectivity index (χ0n) is 14.1. The van der Waals surface area contributed by atoms with E-state index < -0.39 is 27.4 Å². The van der Waals surface area contributed by atoms with Crippen molar-refractivity contribution in [2.45, 2.75) is 17.5 Å². The van der Waals surface area contributed by atoms with Crippen molar-refractivity contribution in [1.29, 1.82) is 0 Å². The van der Waals surface area contributed by atoms with Gasteiger partial charge in [0.1, 0.15) is 11.6 Å². The van der Waals surface area contributed by atoms with Gasteiger partial charge in [-0.3, -0.25) is 4.79 Å². The molecule has 1 saturated heterocycles. The lowest BCUT2D eigenvalue weighted by Crippen LogP contribution is -2.16. The molecular weight excluding hydrogens is 466 g/mol. The van der Waals surface area contributed by atoms with E-state index >= 15 is 0 Å². The summed E-state index contributed by atoms with van der Waals surface area (Å²) in [4.78, 5) is 12.1. The Morgan fingerprint density at radius 3 is 2.78 bits per heavy atom. The van der Waals surface area contributed by atoms with Gasteiger partial charge in [0.15, 0.2) is 20.8 Å². The number of carbonyl (C=O) groups excluding carboxylic acids is 1. The maximum absolute atomic E-state index is 13.8. The second-order valence-electron chi connectivity index (χ2n) is 6.08. The molecule has 1 aromatic heterocycles. The van der Waals surface area contributed by atoms with Gasteiger partial charge in [-0.2, -0.15) is 0 Å². The van der Waals surface area contributed by atoms with Gasteiger partial charge in [-0.05, 0) is 28.4 Å². The average Bonchev–Trinajstić information content (AvgIpc) is 3.11. The Kier molecular flexibility index (Phi) is 5.87. The SMILES string of the molecule is Cn1c(SCC(=O)Nc2c(F)cc(F)cc2Br)nnc1C1CCS(=O)(=O)C1. The summed E-state index contributed by atoms with van der Waals surface area (Å²) in [7, 11) is -1.34. The Balaban J connectivity index is 1.63. The number of nitrogens with one attached hydrogen (secondary N) is 1. The number of hydrogen-bond acceptors (Lipinski definition) is 6. The van der Waals surface area contributed by atoms with Gasteiger partial charge < -0.3 is 9.88 Å². The molecule has 0 aliphatic carbocycles. The predicted octanol–water partition coefficient (Wildman–Crippen LogP) is 2.49. The molecule has 1 aromatic carbocycles. The third-order valence-corrected chi connectivity index (χ3v) is 7.48. The minimum Gasteiger partial charge on any atom is -0.322 e. The van der Waals surface area contributed by atoms with Crippen molar-refractivity contribution in [3.63, 3.8) is 0 Å². The molecule has 0 bridgehead atoms. The molecule has 1 aliphatic heterocycles. The Morgan fingerprint density at radius 1 is 1.41 bits per heavy atom. The van der Waals surface area contributed by atoms with Crippen LogP contribution in [0, 0.1) is 11.6 Å². The number of anilines is 1. The fourth-order valence-corrected chi connectivity index (χ4v) is 5.74. The first-order chi connectivity index (χ1) is 12.7. The van der Waals surface area contributed by atoms with Crippen molar-refractivity contribution in [1.82, 2.24) is 14.8 Å². The van der Waals surface area contributed by atoms with Crippen LogP contribution in [0.4, 0.5) is 14.5 Å². The number of aromatic nitrogens is 3. The van der Waals surface area contributed by atoms with Crippen LogP contribution in [-0.2, 0) is 21.7 Å². The highest BCUT2D eigenvalue weighted by Crippen LogP contribution is 2.30. The van der Waals surface area contributed by atoms with E-state index in [4.69, 9.17) is 0 Å². The molecule has 1 aliphatic rings. The fourth-order valence-electron chi connectivity index (χ4n) is 2.77. The van der Waals surface area contributed by atoms with Crippen molar-refractivity contribution >= 4 is 49.1 Å². The third-order valence-electron chi connectivity index (χ3n) is 4.07. The first-order valence-electron chi connectivity index (χ1n) is 7.83. The van der Waals surface area contributed by atoms with Gasteiger partial charge in [0.05, 0.1) is 22.9 Å². The lowest BCUT2D eigenvalue weighted by atomic mass is 10.1. The van der Waals surface area contributed by atoms with Crippen LogP contribution >= 0.6 is 27.7 Å². The van der Waals surface area contributed by atoms with E-state index in [1.807, 2.05) is 0 Å². The minimum atomic E-state index is -3.04. The van der Waals surface area contributed by atoms with Crippen LogP contribution in [-0.4, -0.2) is 46.3 Å². The quantitative estimate of drug-likeness (QED) is 0.660. The molecule has 146 valence electrons. The normalized spacial score (nSPS) is 18.6. The van der Waals surface area contributed by atoms with Crippen LogP contribution in [0.3, 0.4) is 0 Å². The monoisotopic (exact) mass is 480 g/mol. The zero-order chi connectivity index (χ0) is 19.8. The second-order valence-corrected chi connectivity index (χ2v) is 10.1. The van der Waals surface area contributed by atoms with Crippen LogP contribution in [0.1, 0.15) is 18.2 Å². The van der Waals surface area contributed by atoms with Crippen molar-refractivity contribution in [2.24, 2.45) is 7.05 Å². The molecule has 0 spiro atoms. The first-order valence-corrected chi connectivity index (χ1v) is 11.4. The van der Waals surface area contributed by atoms with Gasteiger partial charge in [-0.15, -0.1) is 10.2 Å². The topological polar surface area (TPSA) is 93.9 Å². The van der Waals surface area contributed by atoms with Crippen LogP contribution in [0.15, 0.2) is 21.8 Å². The van der Waals surface area contributed by atoms with Crippen molar-refractivity contribution in [3.05, 3.63) is 34.1 Å². The molecule has 3 rings (SSSR count). The van der Waals surface area contributed by atoms with Crippen LogP contribution < -0.4 is 5.32 Å². The molecule has 0 radical (unpaired) electrons. The molecule has 12 heteroatoms. The zero-order valence-corrected chi connectivity index (χ0v) is 17.3. The van der Waals surface area contributed by atoms with E-state index in [1.54, 1.807) is 11.6 Å². The van der Waals surface area contributed by atoms with Gasteiger partial charge in [0.25, 0.3) is 0 Å². The van der Waals surface area contributed by atoms with Gasteiger partial charge in [0.2, 0.25) is 5.91 Å². The summed E-state index contributed by atoms with van der Waals surface area (Å²) in [6, 6.07) is 1.73. The van der Waals surface area contributed by atoms with Crippen molar-refractivity contribution in [2.75, 3.05) is 22.6 Å². The number of nitrogens with zero attached hydrogens (tertiary/aromatic N) is 3. The Hall–Kier alpha value is -1.53. The lowest BCUT2D eigenvalue weighted by Gasteiger charge is -2.09. The molecule has 2 heterocycles. The molecule has 7 nitrogen and oxygen atoms in total. The summed E-state index contributed by atoms with van der Waals surface area (Å²) in [5.74, 6) is -1.69. The number of sulfone groups is 1. The van der Waals surface area contributed by atoms with E-state index in [1.165, 1.54) is 0 Å². The van der Waals surface area contributed by atoms with Crippen LogP contribution in [0.2, 0.25) is 0 Å². The highest BCUT2D eigenvalue weighted by molar-refractivity contribution is 9.10. The summed E-state index contributed by atoms with van der Waals surface area (Å²) in [6.45, 7) is 0. The molecule has 1 N–H and O–H groups in total. The summed E-state index contributed by atoms with van der Waals surface area (Å²) in [5.41, 5.74) is -0.142. The third kappa shape index (κ3) is 4.66. The number of benzene rings is 1. The van der Waals surface area contributed by atoms with Gasteiger partial charge >= 0.3 is 0 Å². The summed E-state index contributed by atoms with van der Waals surface area (Å²) in [6.07, 6.45) is 0.497. The Bertz CT molecular complexity index is 974. The highest BCUT2D eigenvalue weighted by atomic mass is 79.9. The number of halogens is 3. The van der Waals surface area contributed by atoms with Crippen LogP contribution in [0.5, 0.6) is 0 Å². The number of rotatable bonds is 5. The largest absolute Gasteiger partial charge is 0.322 e. The second kappa shape index (κ2) is 7.84. The van der Waals surface area contributed by atoms with E-state index in [-0.39, 0.29) is 33.3 Å². The van der Waals surface area contributed by atoms with Gasteiger partial charge in [-0.1, -0.05) is 11.8 Å². The van der Waals surface area contributed by atoms with Gasteiger partial charge in [0, 0.05) is 23.5 Å².